The van der Waals surface area contributed by atoms with Crippen LogP contribution in [0.5, 0.6) is 0 Å². The van der Waals surface area contributed by atoms with Crippen LogP contribution in [0.3, 0.4) is 0 Å². The minimum atomic E-state index is -4.71. The van der Waals surface area contributed by atoms with Crippen LogP contribution < -0.4 is 0 Å². The summed E-state index contributed by atoms with van der Waals surface area (Å²) < 4.78 is 38.1. The van der Waals surface area contributed by atoms with Crippen molar-refractivity contribution in [3.8, 4) is 0 Å². The predicted molar refractivity (Wildman–Crippen MR) is 68.5 cm³/mol. The van der Waals surface area contributed by atoms with Crippen molar-refractivity contribution < 1.29 is 27.9 Å². The molecule has 1 aliphatic heterocycles. The Morgan fingerprint density at radius 1 is 1.50 bits per heavy atom. The molecular weight excluding hydrogens is 303 g/mol. The molecule has 0 aliphatic carbocycles. The van der Waals surface area contributed by atoms with E-state index in [0.717, 1.165) is 11.0 Å². The Balaban J connectivity index is 2.38. The Bertz CT molecular complexity index is 658. The lowest BCUT2D eigenvalue weighted by molar-refractivity contribution is -0.141. The van der Waals surface area contributed by atoms with Gasteiger partial charge in [0.25, 0.3) is 0 Å². The number of pyridine rings is 1. The van der Waals surface area contributed by atoms with E-state index >= 15 is 0 Å². The molecule has 0 aromatic carbocycles. The average molecular weight is 315 g/mol. The number of nitrogens with zero attached hydrogens (tertiary/aromatic N) is 2. The number of carboxylic acids is 1. The van der Waals surface area contributed by atoms with Gasteiger partial charge in [-0.15, -0.1) is 0 Å². The van der Waals surface area contributed by atoms with Crippen molar-refractivity contribution >= 4 is 17.6 Å². The summed E-state index contributed by atoms with van der Waals surface area (Å²) in [5.41, 5.74) is -1.83. The molecule has 1 aromatic heterocycles. The standard InChI is InChI=1S/C13H12F3N3O3/c1-6-8(17)4-19(11(6)20)5-9-7(12(21)22)2-3-10(18-9)13(14,15)16/h2-3,6,17H,4-5H2,1H3,(H,21,22). The van der Waals surface area contributed by atoms with E-state index < -0.39 is 35.2 Å². The van der Waals surface area contributed by atoms with Crippen molar-refractivity contribution in [3.63, 3.8) is 0 Å². The number of rotatable bonds is 3. The minimum Gasteiger partial charge on any atom is -0.478 e. The van der Waals surface area contributed by atoms with Crippen LogP contribution >= 0.6 is 0 Å². The zero-order chi connectivity index (χ0) is 16.7. The van der Waals surface area contributed by atoms with Crippen molar-refractivity contribution in [1.29, 1.82) is 5.41 Å². The third kappa shape index (κ3) is 2.92. The van der Waals surface area contributed by atoms with Gasteiger partial charge in [0.2, 0.25) is 5.91 Å². The summed E-state index contributed by atoms with van der Waals surface area (Å²) in [6.45, 7) is 1.09. The first-order valence-corrected chi connectivity index (χ1v) is 6.27. The minimum absolute atomic E-state index is 0.0447. The Labute approximate surface area is 123 Å². The smallest absolute Gasteiger partial charge is 0.433 e. The number of hydrogen-bond acceptors (Lipinski definition) is 4. The highest BCUT2D eigenvalue weighted by Crippen LogP contribution is 2.29. The fourth-order valence-electron chi connectivity index (χ4n) is 2.13. The lowest BCUT2D eigenvalue weighted by Gasteiger charge is -2.17. The largest absolute Gasteiger partial charge is 0.478 e. The van der Waals surface area contributed by atoms with E-state index in [1.54, 1.807) is 0 Å². The summed E-state index contributed by atoms with van der Waals surface area (Å²) in [5, 5.41) is 16.6. The molecule has 0 spiro atoms. The number of alkyl halides is 3. The number of nitrogens with one attached hydrogen (secondary N) is 1. The van der Waals surface area contributed by atoms with E-state index in [0.29, 0.717) is 6.07 Å². The number of carbonyl (C=O) groups excluding carboxylic acids is 1. The van der Waals surface area contributed by atoms with E-state index in [1.165, 1.54) is 6.92 Å². The number of likely N-dealkylation sites (tertiary alicyclic amines) is 1. The zero-order valence-electron chi connectivity index (χ0n) is 11.4. The number of halogens is 3. The molecule has 2 heterocycles. The van der Waals surface area contributed by atoms with Crippen molar-refractivity contribution in [2.24, 2.45) is 5.92 Å². The van der Waals surface area contributed by atoms with Crippen LogP contribution in [-0.4, -0.2) is 39.1 Å². The maximum absolute atomic E-state index is 12.7. The molecule has 22 heavy (non-hydrogen) atoms. The van der Waals surface area contributed by atoms with E-state index in [-0.39, 0.29) is 24.5 Å². The number of hydrogen-bond donors (Lipinski definition) is 2. The maximum Gasteiger partial charge on any atom is 0.433 e. The molecule has 1 aliphatic rings. The SMILES string of the molecule is CC1C(=N)CN(Cc2nc(C(F)(F)F)ccc2C(=O)O)C1=O. The molecule has 6 nitrogen and oxygen atoms in total. The number of aromatic nitrogens is 1. The maximum atomic E-state index is 12.7. The summed E-state index contributed by atoms with van der Waals surface area (Å²) in [4.78, 5) is 27.4. The van der Waals surface area contributed by atoms with Gasteiger partial charge in [0.1, 0.15) is 5.69 Å². The molecule has 9 heteroatoms. The number of carboxylic acid groups (broad SMARTS) is 1. The van der Waals surface area contributed by atoms with Crippen LogP contribution in [0, 0.1) is 11.3 Å². The summed E-state index contributed by atoms with van der Waals surface area (Å²) >= 11 is 0. The molecule has 1 atom stereocenters. The van der Waals surface area contributed by atoms with Gasteiger partial charge in [-0.05, 0) is 19.1 Å². The van der Waals surface area contributed by atoms with Crippen LogP contribution in [0.2, 0.25) is 0 Å². The summed E-state index contributed by atoms with van der Waals surface area (Å²) in [6.07, 6.45) is -4.71. The number of carbonyl (C=O) groups is 2. The van der Waals surface area contributed by atoms with Crippen molar-refractivity contribution in [1.82, 2.24) is 9.88 Å². The predicted octanol–water partition coefficient (Wildman–Crippen LogP) is 1.80. The van der Waals surface area contributed by atoms with Crippen LogP contribution in [0.4, 0.5) is 13.2 Å². The van der Waals surface area contributed by atoms with Gasteiger partial charge in [0.05, 0.1) is 30.3 Å². The molecular formula is C13H12F3N3O3. The van der Waals surface area contributed by atoms with E-state index in [9.17, 15) is 22.8 Å². The molecule has 1 fully saturated rings. The fraction of sp³-hybridized carbons (Fsp3) is 0.385. The van der Waals surface area contributed by atoms with Gasteiger partial charge < -0.3 is 15.4 Å². The van der Waals surface area contributed by atoms with Gasteiger partial charge in [0.15, 0.2) is 0 Å². The first-order chi connectivity index (χ1) is 10.1. The molecule has 2 N–H and O–H groups in total. The Morgan fingerprint density at radius 2 is 2.14 bits per heavy atom. The van der Waals surface area contributed by atoms with E-state index in [1.807, 2.05) is 0 Å². The van der Waals surface area contributed by atoms with E-state index in [4.69, 9.17) is 10.5 Å². The van der Waals surface area contributed by atoms with Crippen LogP contribution in [0.1, 0.15) is 28.7 Å². The quantitative estimate of drug-likeness (QED) is 0.889. The highest BCUT2D eigenvalue weighted by Gasteiger charge is 2.36. The second-order valence-corrected chi connectivity index (χ2v) is 4.93. The van der Waals surface area contributed by atoms with Crippen LogP contribution in [0.25, 0.3) is 0 Å². The normalized spacial score (nSPS) is 18.9. The van der Waals surface area contributed by atoms with Gasteiger partial charge in [-0.3, -0.25) is 4.79 Å². The Hall–Kier alpha value is -2.45. The summed E-state index contributed by atoms with van der Waals surface area (Å²) in [6, 6.07) is 1.41. The molecule has 0 bridgehead atoms. The first-order valence-electron chi connectivity index (χ1n) is 6.27. The summed E-state index contributed by atoms with van der Waals surface area (Å²) in [5.74, 6) is -2.51. The molecule has 0 saturated carbocycles. The van der Waals surface area contributed by atoms with Gasteiger partial charge in [-0.2, -0.15) is 13.2 Å². The number of amides is 1. The van der Waals surface area contributed by atoms with Crippen molar-refractivity contribution in [2.75, 3.05) is 6.54 Å². The highest BCUT2D eigenvalue weighted by atomic mass is 19.4. The van der Waals surface area contributed by atoms with E-state index in [2.05, 4.69) is 4.98 Å². The first kappa shape index (κ1) is 15.9. The third-order valence-electron chi connectivity index (χ3n) is 3.40. The molecule has 118 valence electrons. The fourth-order valence-corrected chi connectivity index (χ4v) is 2.13. The van der Waals surface area contributed by atoms with Gasteiger partial charge in [-0.25, -0.2) is 9.78 Å². The van der Waals surface area contributed by atoms with Gasteiger partial charge in [0, 0.05) is 5.71 Å². The zero-order valence-corrected chi connectivity index (χ0v) is 11.4. The number of aromatic carboxylic acids is 1. The van der Waals surface area contributed by atoms with Crippen molar-refractivity contribution in [2.45, 2.75) is 19.6 Å². The molecule has 1 saturated heterocycles. The monoisotopic (exact) mass is 315 g/mol. The Morgan fingerprint density at radius 3 is 2.59 bits per heavy atom. The second-order valence-electron chi connectivity index (χ2n) is 4.93. The van der Waals surface area contributed by atoms with Gasteiger partial charge in [-0.1, -0.05) is 0 Å². The van der Waals surface area contributed by atoms with Crippen LogP contribution in [0.15, 0.2) is 12.1 Å². The highest BCUT2D eigenvalue weighted by molar-refractivity contribution is 6.09. The molecule has 0 radical (unpaired) electrons. The van der Waals surface area contributed by atoms with Gasteiger partial charge >= 0.3 is 12.1 Å². The molecule has 2 rings (SSSR count). The topological polar surface area (TPSA) is 94.3 Å². The van der Waals surface area contributed by atoms with Crippen molar-refractivity contribution in [3.05, 3.63) is 29.1 Å². The lowest BCUT2D eigenvalue weighted by atomic mass is 10.1. The Kier molecular flexibility index (Phi) is 3.90. The lowest BCUT2D eigenvalue weighted by Crippen LogP contribution is -2.28. The molecule has 1 amide bonds. The van der Waals surface area contributed by atoms with Crippen LogP contribution in [-0.2, 0) is 17.5 Å². The third-order valence-corrected chi connectivity index (χ3v) is 3.40. The molecule has 1 unspecified atom stereocenters. The molecule has 1 aromatic rings. The summed E-state index contributed by atoms with van der Waals surface area (Å²) in [7, 11) is 0. The average Bonchev–Trinajstić information content (AvgIpc) is 2.65. The second kappa shape index (κ2) is 5.39.